The van der Waals surface area contributed by atoms with Crippen molar-refractivity contribution in [2.75, 3.05) is 19.7 Å². The molecule has 0 radical (unpaired) electrons. The van der Waals surface area contributed by atoms with Crippen molar-refractivity contribution in [2.45, 2.75) is 57.0 Å². The number of carbonyl (C=O) groups is 1. The van der Waals surface area contributed by atoms with Crippen molar-refractivity contribution in [3.63, 3.8) is 0 Å². The monoisotopic (exact) mass is 240 g/mol. The van der Waals surface area contributed by atoms with Crippen molar-refractivity contribution < 1.29 is 9.90 Å². The molecule has 1 aliphatic heterocycles. The second kappa shape index (κ2) is 6.36. The summed E-state index contributed by atoms with van der Waals surface area (Å²) in [5, 5.41) is 12.4. The third-order valence-corrected chi connectivity index (χ3v) is 4.00. The summed E-state index contributed by atoms with van der Waals surface area (Å²) < 4.78 is 0. The average Bonchev–Trinajstić information content (AvgIpc) is 2.69. The molecule has 1 saturated heterocycles. The fraction of sp³-hybridized carbons (Fsp3) is 0.923. The van der Waals surface area contributed by atoms with Gasteiger partial charge in [0.15, 0.2) is 0 Å². The summed E-state index contributed by atoms with van der Waals surface area (Å²) in [6.07, 6.45) is 8.38. The van der Waals surface area contributed by atoms with Gasteiger partial charge in [-0.3, -0.25) is 4.79 Å². The van der Waals surface area contributed by atoms with E-state index in [1.54, 1.807) is 0 Å². The average molecular weight is 240 g/mol. The molecule has 2 N–H and O–H groups in total. The van der Waals surface area contributed by atoms with Gasteiger partial charge in [-0.2, -0.15) is 0 Å². The van der Waals surface area contributed by atoms with Gasteiger partial charge in [0.1, 0.15) is 6.04 Å². The van der Waals surface area contributed by atoms with E-state index in [9.17, 15) is 9.90 Å². The van der Waals surface area contributed by atoms with Gasteiger partial charge in [-0.1, -0.05) is 25.7 Å². The number of aliphatic hydroxyl groups is 1. The van der Waals surface area contributed by atoms with E-state index in [2.05, 4.69) is 5.32 Å². The van der Waals surface area contributed by atoms with Gasteiger partial charge >= 0.3 is 0 Å². The third-order valence-electron chi connectivity index (χ3n) is 4.00. The van der Waals surface area contributed by atoms with Crippen LogP contribution in [0.4, 0.5) is 0 Å². The minimum Gasteiger partial charge on any atom is -0.394 e. The molecule has 1 amide bonds. The second-order valence-corrected chi connectivity index (χ2v) is 5.22. The molecule has 2 rings (SSSR count). The summed E-state index contributed by atoms with van der Waals surface area (Å²) in [5.41, 5.74) is 0. The molecule has 0 bridgehead atoms. The fourth-order valence-electron chi connectivity index (χ4n) is 3.00. The van der Waals surface area contributed by atoms with Gasteiger partial charge in [-0.15, -0.1) is 0 Å². The van der Waals surface area contributed by atoms with Gasteiger partial charge in [-0.05, 0) is 25.8 Å². The molecule has 4 nitrogen and oxygen atoms in total. The Labute approximate surface area is 103 Å². The van der Waals surface area contributed by atoms with E-state index in [0.29, 0.717) is 6.04 Å². The van der Waals surface area contributed by atoms with Crippen LogP contribution in [0, 0.1) is 0 Å². The van der Waals surface area contributed by atoms with E-state index in [1.807, 2.05) is 4.90 Å². The van der Waals surface area contributed by atoms with Crippen molar-refractivity contribution in [1.82, 2.24) is 10.2 Å². The zero-order chi connectivity index (χ0) is 12.1. The van der Waals surface area contributed by atoms with Crippen molar-refractivity contribution in [3.05, 3.63) is 0 Å². The van der Waals surface area contributed by atoms with Crippen molar-refractivity contribution >= 4 is 5.91 Å². The summed E-state index contributed by atoms with van der Waals surface area (Å²) in [6, 6.07) is 0.0414. The molecule has 2 aliphatic rings. The molecule has 1 saturated carbocycles. The Bertz CT molecular complexity index is 250. The van der Waals surface area contributed by atoms with Crippen molar-refractivity contribution in [1.29, 1.82) is 0 Å². The number of hydrogen-bond acceptors (Lipinski definition) is 3. The summed E-state index contributed by atoms with van der Waals surface area (Å²) in [4.78, 5) is 14.3. The van der Waals surface area contributed by atoms with Gasteiger partial charge in [-0.25, -0.2) is 0 Å². The Morgan fingerprint density at radius 2 is 1.88 bits per heavy atom. The fourth-order valence-corrected chi connectivity index (χ4v) is 3.00. The Morgan fingerprint density at radius 3 is 2.53 bits per heavy atom. The van der Waals surface area contributed by atoms with Gasteiger partial charge in [0.25, 0.3) is 0 Å². The highest BCUT2D eigenvalue weighted by molar-refractivity contribution is 5.82. The lowest BCUT2D eigenvalue weighted by Crippen LogP contribution is -2.49. The van der Waals surface area contributed by atoms with Gasteiger partial charge in [0, 0.05) is 12.6 Å². The van der Waals surface area contributed by atoms with Crippen LogP contribution in [0.15, 0.2) is 0 Å². The third kappa shape index (κ3) is 3.19. The first-order valence-electron chi connectivity index (χ1n) is 6.97. The molecule has 1 atom stereocenters. The summed E-state index contributed by atoms with van der Waals surface area (Å²) in [6.45, 7) is 1.61. The first-order valence-corrected chi connectivity index (χ1v) is 6.97. The first-order chi connectivity index (χ1) is 8.33. The molecule has 1 heterocycles. The molecule has 4 heteroatoms. The molecule has 0 spiro atoms. The number of aliphatic hydroxyl groups excluding tert-OH is 1. The summed E-state index contributed by atoms with van der Waals surface area (Å²) >= 11 is 0. The van der Waals surface area contributed by atoms with Crippen molar-refractivity contribution in [2.24, 2.45) is 0 Å². The zero-order valence-electron chi connectivity index (χ0n) is 10.5. The highest BCUT2D eigenvalue weighted by Gasteiger charge is 2.30. The number of nitrogens with zero attached hydrogens (tertiary/aromatic N) is 1. The van der Waals surface area contributed by atoms with Crippen LogP contribution in [0.25, 0.3) is 0 Å². The number of nitrogens with one attached hydrogen (secondary N) is 1. The molecular weight excluding hydrogens is 216 g/mol. The number of hydrogen-bond donors (Lipinski definition) is 2. The van der Waals surface area contributed by atoms with E-state index >= 15 is 0 Å². The van der Waals surface area contributed by atoms with Crippen LogP contribution >= 0.6 is 0 Å². The Hall–Kier alpha value is -0.610. The Balaban J connectivity index is 2.02. The maximum Gasteiger partial charge on any atom is 0.242 e. The Morgan fingerprint density at radius 1 is 1.18 bits per heavy atom. The SMILES string of the molecule is O=C1C(CO)NCCCN1C1CCCCCC1. The molecule has 98 valence electrons. The highest BCUT2D eigenvalue weighted by atomic mass is 16.3. The van der Waals surface area contributed by atoms with Gasteiger partial charge in [0.2, 0.25) is 5.91 Å². The van der Waals surface area contributed by atoms with Crippen LogP contribution in [0.5, 0.6) is 0 Å². The molecule has 17 heavy (non-hydrogen) atoms. The predicted molar refractivity (Wildman–Crippen MR) is 66.7 cm³/mol. The van der Waals surface area contributed by atoms with Gasteiger partial charge < -0.3 is 15.3 Å². The van der Waals surface area contributed by atoms with E-state index in [-0.39, 0.29) is 18.6 Å². The summed E-state index contributed by atoms with van der Waals surface area (Å²) in [5.74, 6) is 0.108. The van der Waals surface area contributed by atoms with E-state index in [0.717, 1.165) is 32.4 Å². The standard InChI is InChI=1S/C13H24N2O2/c16-10-12-13(17)15(9-5-8-14-12)11-6-3-1-2-4-7-11/h11-12,14,16H,1-10H2. The quantitative estimate of drug-likeness (QED) is 0.705. The molecule has 0 aromatic heterocycles. The minimum absolute atomic E-state index is 0.0813. The molecule has 0 aromatic carbocycles. The molecule has 2 fully saturated rings. The lowest BCUT2D eigenvalue weighted by molar-refractivity contribution is -0.136. The second-order valence-electron chi connectivity index (χ2n) is 5.22. The van der Waals surface area contributed by atoms with Crippen LogP contribution in [0.2, 0.25) is 0 Å². The van der Waals surface area contributed by atoms with E-state index in [1.165, 1.54) is 25.7 Å². The number of carbonyl (C=O) groups excluding carboxylic acids is 1. The van der Waals surface area contributed by atoms with Gasteiger partial charge in [0.05, 0.1) is 6.61 Å². The maximum absolute atomic E-state index is 12.3. The largest absolute Gasteiger partial charge is 0.394 e. The molecular formula is C13H24N2O2. The van der Waals surface area contributed by atoms with Crippen molar-refractivity contribution in [3.8, 4) is 0 Å². The first kappa shape index (κ1) is 12.8. The van der Waals surface area contributed by atoms with E-state index in [4.69, 9.17) is 0 Å². The Kier molecular flexibility index (Phi) is 4.80. The zero-order valence-corrected chi connectivity index (χ0v) is 10.5. The van der Waals surface area contributed by atoms with Crippen LogP contribution in [-0.2, 0) is 4.79 Å². The predicted octanol–water partition coefficient (Wildman–Crippen LogP) is 0.892. The molecule has 0 aromatic rings. The normalized spacial score (nSPS) is 28.9. The lowest BCUT2D eigenvalue weighted by Gasteiger charge is -2.31. The van der Waals surface area contributed by atoms with Crippen LogP contribution in [-0.4, -0.2) is 47.7 Å². The number of amides is 1. The van der Waals surface area contributed by atoms with Crippen LogP contribution in [0.1, 0.15) is 44.9 Å². The smallest absolute Gasteiger partial charge is 0.242 e. The molecule has 1 unspecified atom stereocenters. The van der Waals surface area contributed by atoms with E-state index < -0.39 is 0 Å². The minimum atomic E-state index is -0.374. The van der Waals surface area contributed by atoms with Crippen LogP contribution in [0.3, 0.4) is 0 Å². The number of rotatable bonds is 2. The van der Waals surface area contributed by atoms with Crippen LogP contribution < -0.4 is 5.32 Å². The topological polar surface area (TPSA) is 52.6 Å². The maximum atomic E-state index is 12.3. The lowest BCUT2D eigenvalue weighted by atomic mass is 10.1. The summed E-state index contributed by atoms with van der Waals surface area (Å²) in [7, 11) is 0. The highest BCUT2D eigenvalue weighted by Crippen LogP contribution is 2.23. The molecule has 1 aliphatic carbocycles.